The maximum Gasteiger partial charge on any atom is 0.348 e. The fourth-order valence-electron chi connectivity index (χ4n) is 2.63. The molecule has 1 rings (SSSR count). The normalized spacial score (nSPS) is 19.6. The SMILES string of the molecule is C=C(CNC)/C(C)=C\C(=C/CC)N1CCOC(C(OC(C)=O)C(=O)O)C1=O. The highest BCUT2D eigenvalue weighted by Gasteiger charge is 2.42. The molecule has 8 heteroatoms. The number of carbonyl (C=O) groups is 3. The first-order chi connectivity index (χ1) is 12.7. The molecule has 0 aliphatic carbocycles. The third-order valence-electron chi connectivity index (χ3n) is 3.97. The summed E-state index contributed by atoms with van der Waals surface area (Å²) in [4.78, 5) is 37.0. The van der Waals surface area contributed by atoms with Gasteiger partial charge < -0.3 is 24.8 Å². The molecule has 1 heterocycles. The second-order valence-electron chi connectivity index (χ2n) is 6.15. The maximum atomic E-state index is 12.9. The number of nitrogens with zero attached hydrogens (tertiary/aromatic N) is 1. The van der Waals surface area contributed by atoms with Gasteiger partial charge in [0.15, 0.2) is 6.10 Å². The number of carbonyl (C=O) groups excluding carboxylic acids is 2. The summed E-state index contributed by atoms with van der Waals surface area (Å²) in [6.07, 6.45) is 1.31. The molecular formula is C19H28N2O6. The molecule has 0 spiro atoms. The van der Waals surface area contributed by atoms with E-state index in [0.717, 1.165) is 18.1 Å². The highest BCUT2D eigenvalue weighted by atomic mass is 16.6. The summed E-state index contributed by atoms with van der Waals surface area (Å²) in [5.41, 5.74) is 2.41. The van der Waals surface area contributed by atoms with Gasteiger partial charge in [0, 0.05) is 25.7 Å². The van der Waals surface area contributed by atoms with E-state index < -0.39 is 30.1 Å². The van der Waals surface area contributed by atoms with Gasteiger partial charge in [0.05, 0.1) is 6.61 Å². The van der Waals surface area contributed by atoms with Crippen LogP contribution in [0.2, 0.25) is 0 Å². The number of hydrogen-bond donors (Lipinski definition) is 2. The van der Waals surface area contributed by atoms with Crippen LogP contribution >= 0.6 is 0 Å². The van der Waals surface area contributed by atoms with Crippen LogP contribution in [0.1, 0.15) is 27.2 Å². The van der Waals surface area contributed by atoms with Crippen LogP contribution < -0.4 is 5.32 Å². The minimum Gasteiger partial charge on any atom is -0.478 e. The summed E-state index contributed by atoms with van der Waals surface area (Å²) < 4.78 is 10.1. The van der Waals surface area contributed by atoms with Crippen LogP contribution in [0, 0.1) is 0 Å². The van der Waals surface area contributed by atoms with Crippen LogP contribution in [0.25, 0.3) is 0 Å². The first-order valence-corrected chi connectivity index (χ1v) is 8.77. The van der Waals surface area contributed by atoms with E-state index in [0.29, 0.717) is 18.7 Å². The molecule has 0 radical (unpaired) electrons. The molecule has 0 bridgehead atoms. The number of aliphatic carboxylic acids is 1. The average Bonchev–Trinajstić information content (AvgIpc) is 2.59. The van der Waals surface area contributed by atoms with Crippen molar-refractivity contribution in [3.63, 3.8) is 0 Å². The van der Waals surface area contributed by atoms with Crippen LogP contribution in [0.4, 0.5) is 0 Å². The predicted octanol–water partition coefficient (Wildman–Crippen LogP) is 1.25. The van der Waals surface area contributed by atoms with Crippen LogP contribution in [-0.4, -0.2) is 66.8 Å². The Balaban J connectivity index is 3.14. The van der Waals surface area contributed by atoms with E-state index in [-0.39, 0.29) is 13.2 Å². The number of hydrogen-bond acceptors (Lipinski definition) is 6. The summed E-state index contributed by atoms with van der Waals surface area (Å²) >= 11 is 0. The average molecular weight is 380 g/mol. The van der Waals surface area contributed by atoms with E-state index in [9.17, 15) is 19.5 Å². The van der Waals surface area contributed by atoms with Crippen molar-refractivity contribution in [2.45, 2.75) is 39.4 Å². The van der Waals surface area contributed by atoms with Crippen molar-refractivity contribution in [1.29, 1.82) is 0 Å². The lowest BCUT2D eigenvalue weighted by Gasteiger charge is -2.35. The molecule has 0 saturated carbocycles. The number of esters is 1. The Morgan fingerprint density at radius 2 is 2.15 bits per heavy atom. The lowest BCUT2D eigenvalue weighted by molar-refractivity contribution is -0.183. The summed E-state index contributed by atoms with van der Waals surface area (Å²) in [6, 6.07) is 0. The first kappa shape index (κ1) is 22.6. The van der Waals surface area contributed by atoms with Gasteiger partial charge in [0.2, 0.25) is 6.10 Å². The Labute approximate surface area is 159 Å². The zero-order valence-corrected chi connectivity index (χ0v) is 16.3. The lowest BCUT2D eigenvalue weighted by atomic mass is 10.1. The van der Waals surface area contributed by atoms with Crippen LogP contribution in [0.5, 0.6) is 0 Å². The third kappa shape index (κ3) is 6.33. The molecule has 27 heavy (non-hydrogen) atoms. The summed E-state index contributed by atoms with van der Waals surface area (Å²) in [5, 5.41) is 12.3. The largest absolute Gasteiger partial charge is 0.478 e. The van der Waals surface area contributed by atoms with Crippen molar-refractivity contribution in [3.05, 3.63) is 35.6 Å². The number of nitrogens with one attached hydrogen (secondary N) is 1. The highest BCUT2D eigenvalue weighted by molar-refractivity contribution is 5.91. The molecule has 1 aliphatic rings. The topological polar surface area (TPSA) is 105 Å². The monoisotopic (exact) mass is 380 g/mol. The highest BCUT2D eigenvalue weighted by Crippen LogP contribution is 2.21. The second-order valence-corrected chi connectivity index (χ2v) is 6.15. The van der Waals surface area contributed by atoms with E-state index in [2.05, 4.69) is 11.9 Å². The van der Waals surface area contributed by atoms with Gasteiger partial charge in [-0.3, -0.25) is 9.59 Å². The van der Waals surface area contributed by atoms with E-state index in [1.165, 1.54) is 4.90 Å². The van der Waals surface area contributed by atoms with Crippen LogP contribution in [-0.2, 0) is 23.9 Å². The van der Waals surface area contributed by atoms with Gasteiger partial charge in [-0.05, 0) is 37.6 Å². The van der Waals surface area contributed by atoms with Gasteiger partial charge in [0.25, 0.3) is 5.91 Å². The van der Waals surface area contributed by atoms with Gasteiger partial charge in [0.1, 0.15) is 0 Å². The van der Waals surface area contributed by atoms with Crippen molar-refractivity contribution in [1.82, 2.24) is 10.2 Å². The first-order valence-electron chi connectivity index (χ1n) is 8.77. The zero-order valence-electron chi connectivity index (χ0n) is 16.3. The van der Waals surface area contributed by atoms with Crippen molar-refractivity contribution in [3.8, 4) is 0 Å². The number of carboxylic acid groups (broad SMARTS) is 1. The quantitative estimate of drug-likeness (QED) is 0.458. The van der Waals surface area contributed by atoms with Gasteiger partial charge in [-0.25, -0.2) is 4.79 Å². The van der Waals surface area contributed by atoms with Gasteiger partial charge in [-0.1, -0.05) is 19.6 Å². The van der Waals surface area contributed by atoms with E-state index in [4.69, 9.17) is 9.47 Å². The minimum atomic E-state index is -1.69. The number of allylic oxidation sites excluding steroid dienone is 2. The van der Waals surface area contributed by atoms with E-state index in [1.54, 1.807) is 0 Å². The molecule has 150 valence electrons. The number of amides is 1. The predicted molar refractivity (Wildman–Crippen MR) is 99.8 cm³/mol. The lowest BCUT2D eigenvalue weighted by Crippen LogP contribution is -2.54. The fraction of sp³-hybridized carbons (Fsp3) is 0.526. The Morgan fingerprint density at radius 1 is 1.48 bits per heavy atom. The van der Waals surface area contributed by atoms with Gasteiger partial charge in [-0.15, -0.1) is 0 Å². The summed E-state index contributed by atoms with van der Waals surface area (Å²) in [5.74, 6) is -2.78. The molecular weight excluding hydrogens is 352 g/mol. The zero-order chi connectivity index (χ0) is 20.6. The number of rotatable bonds is 9. The minimum absolute atomic E-state index is 0.132. The molecule has 0 aromatic carbocycles. The van der Waals surface area contributed by atoms with E-state index >= 15 is 0 Å². The van der Waals surface area contributed by atoms with Gasteiger partial charge >= 0.3 is 11.9 Å². The molecule has 1 aliphatic heterocycles. The van der Waals surface area contributed by atoms with Gasteiger partial charge in [-0.2, -0.15) is 0 Å². The Hall–Kier alpha value is -2.45. The van der Waals surface area contributed by atoms with Crippen molar-refractivity contribution in [2.24, 2.45) is 0 Å². The van der Waals surface area contributed by atoms with Crippen LogP contribution in [0.15, 0.2) is 35.6 Å². The van der Waals surface area contributed by atoms with E-state index in [1.807, 2.05) is 33.0 Å². The van der Waals surface area contributed by atoms with Crippen molar-refractivity contribution in [2.75, 3.05) is 26.7 Å². The third-order valence-corrected chi connectivity index (χ3v) is 3.97. The molecule has 8 nitrogen and oxygen atoms in total. The molecule has 1 amide bonds. The molecule has 0 aromatic heterocycles. The Kier molecular flexibility index (Phi) is 8.90. The molecule has 1 saturated heterocycles. The standard InChI is InChI=1S/C19H28N2O6/c1-6-7-15(10-12(2)13(3)11-20-5)21-8-9-26-16(18(21)23)17(19(24)25)27-14(4)22/h7,10,16-17,20H,3,6,8-9,11H2,1-2,4-5H3,(H,24,25)/b12-10-,15-7+. The molecule has 2 atom stereocenters. The summed E-state index contributed by atoms with van der Waals surface area (Å²) in [6.45, 7) is 9.93. The van der Waals surface area contributed by atoms with Crippen molar-refractivity contribution >= 4 is 17.8 Å². The second kappa shape index (κ2) is 10.6. The number of morpholine rings is 1. The number of likely N-dealkylation sites (N-methyl/N-ethyl adjacent to an activating group) is 1. The van der Waals surface area contributed by atoms with Crippen LogP contribution in [0.3, 0.4) is 0 Å². The number of carboxylic acids is 1. The molecule has 0 aromatic rings. The fourth-order valence-corrected chi connectivity index (χ4v) is 2.63. The van der Waals surface area contributed by atoms with Crippen molar-refractivity contribution < 1.29 is 29.0 Å². The smallest absolute Gasteiger partial charge is 0.348 e. The summed E-state index contributed by atoms with van der Waals surface area (Å²) in [7, 11) is 1.82. The maximum absolute atomic E-state index is 12.9. The number of ether oxygens (including phenoxy) is 2. The Morgan fingerprint density at radius 3 is 2.67 bits per heavy atom. The molecule has 1 fully saturated rings. The Bertz CT molecular complexity index is 653. The molecule has 2 unspecified atom stereocenters. The molecule has 2 N–H and O–H groups in total.